The Hall–Kier alpha value is -1.00. The first kappa shape index (κ1) is 8.59. The third-order valence-corrected chi connectivity index (χ3v) is 3.30. The van der Waals surface area contributed by atoms with Crippen molar-refractivity contribution in [2.75, 3.05) is 5.73 Å². The van der Waals surface area contributed by atoms with Gasteiger partial charge in [-0.2, -0.15) is 0 Å². The van der Waals surface area contributed by atoms with Gasteiger partial charge in [-0.15, -0.1) is 0 Å². The van der Waals surface area contributed by atoms with Crippen molar-refractivity contribution >= 4 is 38.8 Å². The average molecular weight is 215 g/mol. The summed E-state index contributed by atoms with van der Waals surface area (Å²) < 4.78 is 2.28. The van der Waals surface area contributed by atoms with E-state index in [1.165, 1.54) is 4.57 Å². The Bertz CT molecular complexity index is 529. The smallest absolute Gasteiger partial charge is 0.308 e. The van der Waals surface area contributed by atoms with E-state index < -0.39 is 0 Å². The predicted octanol–water partition coefficient (Wildman–Crippen LogP) is 1.84. The molecule has 5 heteroatoms. The Morgan fingerprint density at radius 3 is 2.85 bits per heavy atom. The molecule has 0 unspecified atom stereocenters. The van der Waals surface area contributed by atoms with Gasteiger partial charge in [-0.1, -0.05) is 22.9 Å². The van der Waals surface area contributed by atoms with Crippen molar-refractivity contribution in [1.82, 2.24) is 4.57 Å². The van der Waals surface area contributed by atoms with Crippen LogP contribution in [0.5, 0.6) is 0 Å². The number of hydrogen-bond donors (Lipinski definition) is 1. The zero-order valence-corrected chi connectivity index (χ0v) is 8.45. The standard InChI is InChI=1S/C8H7ClN2OS/c1-11-6-4(9)2-3-5(10)7(6)13-8(11)12/h2-3H,10H2,1H3. The zero-order chi connectivity index (χ0) is 9.59. The molecule has 13 heavy (non-hydrogen) atoms. The molecule has 0 bridgehead atoms. The van der Waals surface area contributed by atoms with Gasteiger partial charge >= 0.3 is 4.87 Å². The number of nitrogens with two attached hydrogens (primary N) is 1. The normalized spacial score (nSPS) is 10.9. The SMILES string of the molecule is Cn1c(=O)sc2c(N)ccc(Cl)c21. The molecule has 0 saturated heterocycles. The van der Waals surface area contributed by atoms with Gasteiger partial charge in [-0.3, -0.25) is 4.79 Å². The van der Waals surface area contributed by atoms with E-state index in [2.05, 4.69) is 0 Å². The maximum absolute atomic E-state index is 11.3. The molecular weight excluding hydrogens is 208 g/mol. The van der Waals surface area contributed by atoms with Crippen LogP contribution in [0.25, 0.3) is 10.2 Å². The number of rotatable bonds is 0. The van der Waals surface area contributed by atoms with Crippen molar-refractivity contribution in [3.63, 3.8) is 0 Å². The Morgan fingerprint density at radius 2 is 2.23 bits per heavy atom. The molecule has 0 aliphatic carbocycles. The summed E-state index contributed by atoms with van der Waals surface area (Å²) >= 11 is 7.06. The molecule has 68 valence electrons. The number of aryl methyl sites for hydroxylation is 1. The third kappa shape index (κ3) is 1.14. The first-order chi connectivity index (χ1) is 6.11. The van der Waals surface area contributed by atoms with E-state index in [9.17, 15) is 4.79 Å². The van der Waals surface area contributed by atoms with E-state index >= 15 is 0 Å². The van der Waals surface area contributed by atoms with Crippen LogP contribution in [0.2, 0.25) is 5.02 Å². The second-order valence-corrected chi connectivity index (χ2v) is 4.11. The molecule has 0 aliphatic rings. The molecule has 0 saturated carbocycles. The first-order valence-corrected chi connectivity index (χ1v) is 4.84. The summed E-state index contributed by atoms with van der Waals surface area (Å²) in [5.41, 5.74) is 7.03. The van der Waals surface area contributed by atoms with Crippen LogP contribution in [0, 0.1) is 0 Å². The topological polar surface area (TPSA) is 48.0 Å². The highest BCUT2D eigenvalue weighted by molar-refractivity contribution is 7.17. The molecule has 1 aromatic carbocycles. The lowest BCUT2D eigenvalue weighted by Gasteiger charge is -1.99. The quantitative estimate of drug-likeness (QED) is 0.681. The fourth-order valence-corrected chi connectivity index (χ4v) is 2.50. The largest absolute Gasteiger partial charge is 0.398 e. The minimum absolute atomic E-state index is 0.0465. The van der Waals surface area contributed by atoms with Gasteiger partial charge in [0.25, 0.3) is 0 Å². The summed E-state index contributed by atoms with van der Waals surface area (Å²) in [5, 5.41) is 0.560. The van der Waals surface area contributed by atoms with Crippen molar-refractivity contribution in [3.05, 3.63) is 26.8 Å². The lowest BCUT2D eigenvalue weighted by molar-refractivity contribution is 0.939. The van der Waals surface area contributed by atoms with Gasteiger partial charge in [-0.05, 0) is 12.1 Å². The van der Waals surface area contributed by atoms with Crippen LogP contribution in [-0.2, 0) is 7.05 Å². The monoisotopic (exact) mass is 214 g/mol. The molecular formula is C8H7ClN2OS. The van der Waals surface area contributed by atoms with Crippen LogP contribution in [0.3, 0.4) is 0 Å². The van der Waals surface area contributed by atoms with Crippen molar-refractivity contribution in [1.29, 1.82) is 0 Å². The van der Waals surface area contributed by atoms with Crippen molar-refractivity contribution in [2.24, 2.45) is 7.05 Å². The number of hydrogen-bond acceptors (Lipinski definition) is 3. The van der Waals surface area contributed by atoms with Crippen LogP contribution < -0.4 is 10.6 Å². The van der Waals surface area contributed by atoms with Crippen molar-refractivity contribution in [2.45, 2.75) is 0 Å². The fraction of sp³-hybridized carbons (Fsp3) is 0.125. The summed E-state index contributed by atoms with van der Waals surface area (Å²) in [7, 11) is 1.69. The highest BCUT2D eigenvalue weighted by Crippen LogP contribution is 2.29. The van der Waals surface area contributed by atoms with Gasteiger partial charge in [0.2, 0.25) is 0 Å². The van der Waals surface area contributed by atoms with Gasteiger partial charge in [0, 0.05) is 7.05 Å². The molecule has 0 radical (unpaired) electrons. The Kier molecular flexibility index (Phi) is 1.82. The summed E-state index contributed by atoms with van der Waals surface area (Å²) in [6, 6.07) is 3.41. The average Bonchev–Trinajstić information content (AvgIpc) is 2.38. The molecule has 2 N–H and O–H groups in total. The molecule has 0 aliphatic heterocycles. The number of fused-ring (bicyclic) bond motifs is 1. The van der Waals surface area contributed by atoms with E-state index in [4.69, 9.17) is 17.3 Å². The van der Waals surface area contributed by atoms with Crippen LogP contribution in [-0.4, -0.2) is 4.57 Å². The number of nitrogen functional groups attached to an aromatic ring is 1. The van der Waals surface area contributed by atoms with Gasteiger partial charge in [0.05, 0.1) is 20.9 Å². The van der Waals surface area contributed by atoms with E-state index in [1.54, 1.807) is 19.2 Å². The molecule has 1 heterocycles. The first-order valence-electron chi connectivity index (χ1n) is 3.65. The second kappa shape index (κ2) is 2.75. The summed E-state index contributed by atoms with van der Waals surface area (Å²) in [6.07, 6.45) is 0. The predicted molar refractivity (Wildman–Crippen MR) is 56.5 cm³/mol. The third-order valence-electron chi connectivity index (χ3n) is 1.91. The Balaban J connectivity index is 3.09. The maximum Gasteiger partial charge on any atom is 0.308 e. The molecule has 3 nitrogen and oxygen atoms in total. The fourth-order valence-electron chi connectivity index (χ4n) is 1.23. The molecule has 0 amide bonds. The van der Waals surface area contributed by atoms with Gasteiger partial charge in [0.15, 0.2) is 0 Å². The minimum Gasteiger partial charge on any atom is -0.398 e. The summed E-state index contributed by atoms with van der Waals surface area (Å²) in [6.45, 7) is 0. The second-order valence-electron chi connectivity index (χ2n) is 2.74. The van der Waals surface area contributed by atoms with Crippen molar-refractivity contribution in [3.8, 4) is 0 Å². The molecule has 0 atom stereocenters. The number of nitrogens with zero attached hydrogens (tertiary/aromatic N) is 1. The number of aromatic nitrogens is 1. The molecule has 0 fully saturated rings. The summed E-state index contributed by atoms with van der Waals surface area (Å²) in [5.74, 6) is 0. The zero-order valence-electron chi connectivity index (χ0n) is 6.87. The van der Waals surface area contributed by atoms with E-state index in [1.807, 2.05) is 0 Å². The molecule has 2 aromatic rings. The lowest BCUT2D eigenvalue weighted by Crippen LogP contribution is -2.06. The van der Waals surface area contributed by atoms with Crippen molar-refractivity contribution < 1.29 is 0 Å². The van der Waals surface area contributed by atoms with E-state index in [-0.39, 0.29) is 4.87 Å². The van der Waals surface area contributed by atoms with Gasteiger partial charge in [0.1, 0.15) is 0 Å². The molecule has 1 aromatic heterocycles. The Labute approximate surface area is 83.4 Å². The summed E-state index contributed by atoms with van der Waals surface area (Å²) in [4.78, 5) is 11.3. The maximum atomic E-state index is 11.3. The lowest BCUT2D eigenvalue weighted by atomic mass is 10.3. The van der Waals surface area contributed by atoms with Crippen LogP contribution in [0.15, 0.2) is 16.9 Å². The number of halogens is 1. The van der Waals surface area contributed by atoms with E-state index in [0.29, 0.717) is 10.7 Å². The van der Waals surface area contributed by atoms with Crippen LogP contribution >= 0.6 is 22.9 Å². The molecule has 2 rings (SSSR count). The number of anilines is 1. The molecule has 0 spiro atoms. The van der Waals surface area contributed by atoms with Gasteiger partial charge < -0.3 is 10.3 Å². The van der Waals surface area contributed by atoms with Crippen LogP contribution in [0.1, 0.15) is 0 Å². The minimum atomic E-state index is -0.0465. The highest BCUT2D eigenvalue weighted by atomic mass is 35.5. The number of thiazole rings is 1. The highest BCUT2D eigenvalue weighted by Gasteiger charge is 2.09. The van der Waals surface area contributed by atoms with Gasteiger partial charge in [-0.25, -0.2) is 0 Å². The Morgan fingerprint density at radius 1 is 1.54 bits per heavy atom. The van der Waals surface area contributed by atoms with Crippen LogP contribution in [0.4, 0.5) is 5.69 Å². The van der Waals surface area contributed by atoms with E-state index in [0.717, 1.165) is 21.6 Å². The number of benzene rings is 1.